The number of carbonyl (C=O) groups excluding carboxylic acids is 2. The fraction of sp³-hybridized carbons (Fsp3) is 0.273. The van der Waals surface area contributed by atoms with Crippen molar-refractivity contribution < 1.29 is 19.1 Å². The SMILES string of the molecule is CC(C)Oc1ccc(CNC(=O)COCc2nnc(C(=O)Nc3ccccc3)s2)cc1. The molecule has 0 aliphatic heterocycles. The highest BCUT2D eigenvalue weighted by Gasteiger charge is 2.13. The number of rotatable bonds is 10. The van der Waals surface area contributed by atoms with Gasteiger partial charge in [0.2, 0.25) is 10.9 Å². The van der Waals surface area contributed by atoms with E-state index in [-0.39, 0.29) is 36.1 Å². The first kappa shape index (κ1) is 22.4. The van der Waals surface area contributed by atoms with Gasteiger partial charge in [-0.3, -0.25) is 9.59 Å². The Morgan fingerprint density at radius 3 is 2.48 bits per heavy atom. The molecule has 3 aromatic rings. The molecule has 1 aromatic heterocycles. The fourth-order valence-corrected chi connectivity index (χ4v) is 3.22. The highest BCUT2D eigenvalue weighted by Crippen LogP contribution is 2.15. The molecule has 0 atom stereocenters. The van der Waals surface area contributed by atoms with Gasteiger partial charge in [-0.25, -0.2) is 0 Å². The Kier molecular flexibility index (Phi) is 8.08. The molecule has 8 nitrogen and oxygen atoms in total. The first-order valence-electron chi connectivity index (χ1n) is 9.78. The van der Waals surface area contributed by atoms with Gasteiger partial charge >= 0.3 is 0 Å². The van der Waals surface area contributed by atoms with Crippen molar-refractivity contribution in [3.8, 4) is 5.75 Å². The van der Waals surface area contributed by atoms with Crippen molar-refractivity contribution in [1.82, 2.24) is 15.5 Å². The van der Waals surface area contributed by atoms with Crippen LogP contribution in [0.4, 0.5) is 5.69 Å². The van der Waals surface area contributed by atoms with Crippen molar-refractivity contribution in [3.63, 3.8) is 0 Å². The maximum Gasteiger partial charge on any atom is 0.286 e. The second-order valence-corrected chi connectivity index (χ2v) is 7.96. The summed E-state index contributed by atoms with van der Waals surface area (Å²) in [4.78, 5) is 24.2. The molecule has 1 heterocycles. The second-order valence-electron chi connectivity index (χ2n) is 6.90. The number of nitrogens with zero attached hydrogens (tertiary/aromatic N) is 2. The van der Waals surface area contributed by atoms with Gasteiger partial charge in [-0.1, -0.05) is 41.7 Å². The predicted octanol–water partition coefficient (Wildman–Crippen LogP) is 3.41. The van der Waals surface area contributed by atoms with Gasteiger partial charge in [0, 0.05) is 12.2 Å². The normalized spacial score (nSPS) is 10.7. The maximum absolute atomic E-state index is 12.2. The van der Waals surface area contributed by atoms with Gasteiger partial charge in [-0.15, -0.1) is 10.2 Å². The Morgan fingerprint density at radius 2 is 1.77 bits per heavy atom. The minimum atomic E-state index is -0.336. The molecule has 9 heteroatoms. The number of para-hydroxylation sites is 1. The number of anilines is 1. The Bertz CT molecular complexity index is 990. The Labute approximate surface area is 184 Å². The van der Waals surface area contributed by atoms with Crippen LogP contribution in [0, 0.1) is 0 Å². The van der Waals surface area contributed by atoms with Crippen LogP contribution in [0.1, 0.15) is 34.2 Å². The molecular formula is C22H24N4O4S. The van der Waals surface area contributed by atoms with Gasteiger partial charge in [0.1, 0.15) is 24.0 Å². The summed E-state index contributed by atoms with van der Waals surface area (Å²) in [5.74, 6) is 0.217. The van der Waals surface area contributed by atoms with E-state index >= 15 is 0 Å². The Balaban J connectivity index is 1.37. The zero-order chi connectivity index (χ0) is 22.1. The molecule has 0 saturated heterocycles. The monoisotopic (exact) mass is 440 g/mol. The molecule has 0 bridgehead atoms. The molecule has 3 rings (SSSR count). The zero-order valence-electron chi connectivity index (χ0n) is 17.3. The van der Waals surface area contributed by atoms with Gasteiger partial charge in [-0.05, 0) is 43.7 Å². The van der Waals surface area contributed by atoms with Crippen LogP contribution in [0.3, 0.4) is 0 Å². The van der Waals surface area contributed by atoms with Crippen LogP contribution < -0.4 is 15.4 Å². The van der Waals surface area contributed by atoms with Crippen molar-refractivity contribution >= 4 is 28.8 Å². The highest BCUT2D eigenvalue weighted by atomic mass is 32.1. The molecule has 0 saturated carbocycles. The van der Waals surface area contributed by atoms with Crippen LogP contribution in [0.5, 0.6) is 5.75 Å². The van der Waals surface area contributed by atoms with Crippen molar-refractivity contribution in [2.45, 2.75) is 33.1 Å². The van der Waals surface area contributed by atoms with Gasteiger partial charge in [-0.2, -0.15) is 0 Å². The average molecular weight is 441 g/mol. The third-order valence-electron chi connectivity index (χ3n) is 3.94. The molecule has 2 aromatic carbocycles. The minimum Gasteiger partial charge on any atom is -0.491 e. The summed E-state index contributed by atoms with van der Waals surface area (Å²) in [6.45, 7) is 4.32. The molecule has 0 spiro atoms. The molecule has 162 valence electrons. The van der Waals surface area contributed by atoms with E-state index in [1.165, 1.54) is 0 Å². The summed E-state index contributed by atoms with van der Waals surface area (Å²) in [6, 6.07) is 16.7. The van der Waals surface area contributed by atoms with E-state index < -0.39 is 0 Å². The van der Waals surface area contributed by atoms with E-state index in [0.29, 0.717) is 17.2 Å². The Hall–Kier alpha value is -3.30. The number of hydrogen-bond donors (Lipinski definition) is 2. The molecule has 2 N–H and O–H groups in total. The van der Waals surface area contributed by atoms with Crippen molar-refractivity contribution in [3.05, 3.63) is 70.2 Å². The predicted molar refractivity (Wildman–Crippen MR) is 118 cm³/mol. The zero-order valence-corrected chi connectivity index (χ0v) is 18.1. The first-order chi connectivity index (χ1) is 15.0. The van der Waals surface area contributed by atoms with Crippen LogP contribution in [0.15, 0.2) is 54.6 Å². The lowest BCUT2D eigenvalue weighted by Gasteiger charge is -2.10. The second kappa shape index (κ2) is 11.2. The summed E-state index contributed by atoms with van der Waals surface area (Å²) in [6.07, 6.45) is 0.116. The van der Waals surface area contributed by atoms with Crippen LogP contribution in [-0.2, 0) is 22.7 Å². The third-order valence-corrected chi connectivity index (χ3v) is 4.83. The molecule has 2 amide bonds. The number of carbonyl (C=O) groups is 2. The lowest BCUT2D eigenvalue weighted by Crippen LogP contribution is -2.27. The molecule has 0 fully saturated rings. The van der Waals surface area contributed by atoms with E-state index in [1.54, 1.807) is 12.1 Å². The summed E-state index contributed by atoms with van der Waals surface area (Å²) < 4.78 is 11.0. The Morgan fingerprint density at radius 1 is 1.03 bits per heavy atom. The van der Waals surface area contributed by atoms with Crippen LogP contribution >= 0.6 is 11.3 Å². The molecule has 0 aliphatic carbocycles. The standard InChI is InChI=1S/C22H24N4O4S/c1-15(2)30-18-10-8-16(9-11-18)12-23-19(27)13-29-14-20-25-26-22(31-20)21(28)24-17-6-4-3-5-7-17/h3-11,15H,12-14H2,1-2H3,(H,23,27)(H,24,28). The third kappa shape index (κ3) is 7.47. The number of nitrogens with one attached hydrogen (secondary N) is 2. The van der Waals surface area contributed by atoms with E-state index in [2.05, 4.69) is 20.8 Å². The molecule has 0 radical (unpaired) electrons. The van der Waals surface area contributed by atoms with Gasteiger partial charge in [0.25, 0.3) is 5.91 Å². The van der Waals surface area contributed by atoms with E-state index in [4.69, 9.17) is 9.47 Å². The lowest BCUT2D eigenvalue weighted by atomic mass is 10.2. The smallest absolute Gasteiger partial charge is 0.286 e. The first-order valence-corrected chi connectivity index (χ1v) is 10.6. The quantitative estimate of drug-likeness (QED) is 0.501. The number of aromatic nitrogens is 2. The van der Waals surface area contributed by atoms with Crippen LogP contribution in [0.2, 0.25) is 0 Å². The number of benzene rings is 2. The average Bonchev–Trinajstić information content (AvgIpc) is 3.23. The van der Waals surface area contributed by atoms with E-state index in [1.807, 2.05) is 56.3 Å². The maximum atomic E-state index is 12.2. The topological polar surface area (TPSA) is 102 Å². The highest BCUT2D eigenvalue weighted by molar-refractivity contribution is 7.13. The van der Waals surface area contributed by atoms with Crippen LogP contribution in [-0.4, -0.2) is 34.7 Å². The lowest BCUT2D eigenvalue weighted by molar-refractivity contribution is -0.126. The van der Waals surface area contributed by atoms with E-state index in [9.17, 15) is 9.59 Å². The van der Waals surface area contributed by atoms with Crippen molar-refractivity contribution in [1.29, 1.82) is 0 Å². The summed E-state index contributed by atoms with van der Waals surface area (Å²) in [7, 11) is 0. The molecule has 31 heavy (non-hydrogen) atoms. The fourth-order valence-electron chi connectivity index (χ4n) is 2.55. The van der Waals surface area contributed by atoms with Gasteiger partial charge in [0.05, 0.1) is 6.10 Å². The number of ether oxygens (including phenoxy) is 2. The molecule has 0 unspecified atom stereocenters. The van der Waals surface area contributed by atoms with E-state index in [0.717, 1.165) is 22.6 Å². The van der Waals surface area contributed by atoms with Crippen molar-refractivity contribution in [2.75, 3.05) is 11.9 Å². The summed E-state index contributed by atoms with van der Waals surface area (Å²) >= 11 is 1.12. The van der Waals surface area contributed by atoms with Crippen molar-refractivity contribution in [2.24, 2.45) is 0 Å². The van der Waals surface area contributed by atoms with Gasteiger partial charge < -0.3 is 20.1 Å². The van der Waals surface area contributed by atoms with Crippen LogP contribution in [0.25, 0.3) is 0 Å². The van der Waals surface area contributed by atoms with Gasteiger partial charge in [0.15, 0.2) is 0 Å². The number of amides is 2. The molecular weight excluding hydrogens is 416 g/mol. The minimum absolute atomic E-state index is 0.102. The summed E-state index contributed by atoms with van der Waals surface area (Å²) in [5, 5.41) is 14.1. The largest absolute Gasteiger partial charge is 0.491 e. The molecule has 0 aliphatic rings. The number of hydrogen-bond acceptors (Lipinski definition) is 7. The summed E-state index contributed by atoms with van der Waals surface area (Å²) in [5.41, 5.74) is 1.64.